The molecule has 2 N–H and O–H groups in total. The van der Waals surface area contributed by atoms with Gasteiger partial charge in [-0.3, -0.25) is 9.59 Å². The van der Waals surface area contributed by atoms with Gasteiger partial charge in [-0.1, -0.05) is 36.4 Å². The average molecular weight is 424 g/mol. The van der Waals surface area contributed by atoms with E-state index < -0.39 is 0 Å². The number of fused-ring (bicyclic) bond motifs is 2. The van der Waals surface area contributed by atoms with E-state index in [0.29, 0.717) is 12.1 Å². The average Bonchev–Trinajstić information content (AvgIpc) is 3.43. The molecule has 1 aliphatic rings. The summed E-state index contributed by atoms with van der Waals surface area (Å²) in [5.41, 5.74) is 7.33. The Hall–Kier alpha value is -3.86. The molecule has 0 saturated carbocycles. The van der Waals surface area contributed by atoms with Crippen LogP contribution in [0.1, 0.15) is 28.4 Å². The first-order valence-corrected chi connectivity index (χ1v) is 10.9. The predicted molar refractivity (Wildman–Crippen MR) is 128 cm³/mol. The Morgan fingerprint density at radius 1 is 1.00 bits per heavy atom. The third-order valence-electron chi connectivity index (χ3n) is 6.19. The largest absolute Gasteiger partial charge is 0.361 e. The lowest BCUT2D eigenvalue weighted by atomic mass is 10.0. The molecule has 1 aromatic heterocycles. The fourth-order valence-electron chi connectivity index (χ4n) is 4.47. The number of rotatable bonds is 5. The number of nitrogens with one attached hydrogen (secondary N) is 2. The summed E-state index contributed by atoms with van der Waals surface area (Å²) in [6, 6.07) is 22.1. The van der Waals surface area contributed by atoms with Gasteiger partial charge in [0.25, 0.3) is 5.91 Å². The molecule has 1 aliphatic heterocycles. The Balaban J connectivity index is 1.23. The molecule has 5 nitrogen and oxygen atoms in total. The fourth-order valence-corrected chi connectivity index (χ4v) is 4.47. The lowest BCUT2D eigenvalue weighted by molar-refractivity contribution is -0.116. The first kappa shape index (κ1) is 20.1. The molecule has 2 heterocycles. The quantitative estimate of drug-likeness (QED) is 0.488. The van der Waals surface area contributed by atoms with Crippen molar-refractivity contribution in [3.63, 3.8) is 0 Å². The number of carbonyl (C=O) groups is 2. The van der Waals surface area contributed by atoms with Crippen LogP contribution in [-0.2, 0) is 17.6 Å². The van der Waals surface area contributed by atoms with Crippen LogP contribution in [0.25, 0.3) is 22.0 Å². The van der Waals surface area contributed by atoms with Crippen molar-refractivity contribution in [1.29, 1.82) is 0 Å². The zero-order valence-electron chi connectivity index (χ0n) is 18.0. The second-order valence-electron chi connectivity index (χ2n) is 8.21. The van der Waals surface area contributed by atoms with Crippen LogP contribution in [0.4, 0.5) is 5.69 Å². The molecule has 3 aromatic carbocycles. The van der Waals surface area contributed by atoms with E-state index in [2.05, 4.69) is 28.5 Å². The highest BCUT2D eigenvalue weighted by Crippen LogP contribution is 2.32. The molecule has 5 rings (SSSR count). The minimum absolute atomic E-state index is 0.0672. The van der Waals surface area contributed by atoms with Crippen LogP contribution in [-0.4, -0.2) is 29.9 Å². The molecular formula is C27H25N3O2. The summed E-state index contributed by atoms with van der Waals surface area (Å²) < 4.78 is 0. The number of nitrogens with zero attached hydrogens (tertiary/aromatic N) is 1. The van der Waals surface area contributed by atoms with Crippen LogP contribution in [0.15, 0.2) is 72.9 Å². The minimum atomic E-state index is -0.0672. The Morgan fingerprint density at radius 3 is 2.59 bits per heavy atom. The van der Waals surface area contributed by atoms with Crippen molar-refractivity contribution in [1.82, 2.24) is 10.3 Å². The van der Waals surface area contributed by atoms with Crippen LogP contribution in [0.5, 0.6) is 0 Å². The zero-order valence-corrected chi connectivity index (χ0v) is 18.0. The fraction of sp³-hybridized carbons (Fsp3) is 0.185. The third kappa shape index (κ3) is 3.78. The topological polar surface area (TPSA) is 65.2 Å². The van der Waals surface area contributed by atoms with Crippen LogP contribution in [0.3, 0.4) is 0 Å². The normalized spacial score (nSPS) is 12.7. The molecule has 0 radical (unpaired) electrons. The summed E-state index contributed by atoms with van der Waals surface area (Å²) in [5, 5.41) is 4.22. The van der Waals surface area contributed by atoms with E-state index in [4.69, 9.17) is 0 Å². The third-order valence-corrected chi connectivity index (χ3v) is 6.19. The van der Waals surface area contributed by atoms with Crippen molar-refractivity contribution in [3.05, 3.63) is 89.6 Å². The first-order valence-electron chi connectivity index (χ1n) is 10.9. The summed E-state index contributed by atoms with van der Waals surface area (Å²) in [4.78, 5) is 29.4. The number of aromatic nitrogens is 1. The van der Waals surface area contributed by atoms with Crippen molar-refractivity contribution in [2.75, 3.05) is 18.0 Å². The maximum absolute atomic E-state index is 12.6. The van der Waals surface area contributed by atoms with E-state index in [1.165, 1.54) is 16.5 Å². The molecule has 0 unspecified atom stereocenters. The van der Waals surface area contributed by atoms with Gasteiger partial charge in [0.2, 0.25) is 5.91 Å². The Kier molecular flexibility index (Phi) is 5.23. The molecule has 160 valence electrons. The predicted octanol–water partition coefficient (Wildman–Crippen LogP) is 4.72. The molecule has 0 spiro atoms. The molecule has 0 saturated heterocycles. The van der Waals surface area contributed by atoms with Gasteiger partial charge in [-0.25, -0.2) is 0 Å². The van der Waals surface area contributed by atoms with Gasteiger partial charge in [-0.2, -0.15) is 0 Å². The monoisotopic (exact) mass is 423 g/mol. The number of hydrogen-bond donors (Lipinski definition) is 2. The number of amides is 2. The van der Waals surface area contributed by atoms with Gasteiger partial charge in [-0.15, -0.1) is 0 Å². The van der Waals surface area contributed by atoms with Crippen molar-refractivity contribution in [2.45, 2.75) is 19.8 Å². The number of anilines is 1. The number of para-hydroxylation sites is 1. The van der Waals surface area contributed by atoms with E-state index in [1.807, 2.05) is 59.6 Å². The van der Waals surface area contributed by atoms with Crippen molar-refractivity contribution in [3.8, 4) is 11.1 Å². The second-order valence-corrected chi connectivity index (χ2v) is 8.21. The standard InChI is InChI=1S/C27H25N3O2/c1-18(31)30-15-13-22-16-21(10-11-26(22)30)19-6-8-20(9-7-19)27(32)28-14-12-23-17-29-25-5-3-2-4-24(23)25/h2-11,16-17,29H,12-15H2,1H3,(H,28,32). The Bertz CT molecular complexity index is 1300. The van der Waals surface area contributed by atoms with Gasteiger partial charge < -0.3 is 15.2 Å². The summed E-state index contributed by atoms with van der Waals surface area (Å²) in [7, 11) is 0. The molecule has 0 bridgehead atoms. The molecule has 0 aliphatic carbocycles. The van der Waals surface area contributed by atoms with Gasteiger partial charge in [0, 0.05) is 48.4 Å². The Labute approximate surface area is 187 Å². The number of benzene rings is 3. The Morgan fingerprint density at radius 2 is 1.78 bits per heavy atom. The lowest BCUT2D eigenvalue weighted by Crippen LogP contribution is -2.25. The summed E-state index contributed by atoms with van der Waals surface area (Å²) in [5.74, 6) is 0.0130. The molecule has 0 fully saturated rings. The SMILES string of the molecule is CC(=O)N1CCc2cc(-c3ccc(C(=O)NCCc4c[nH]c5ccccc45)cc3)ccc21. The lowest BCUT2D eigenvalue weighted by Gasteiger charge is -2.15. The second kappa shape index (κ2) is 8.35. The molecule has 5 heteroatoms. The van der Waals surface area contributed by atoms with Gasteiger partial charge in [0.1, 0.15) is 0 Å². The van der Waals surface area contributed by atoms with E-state index in [-0.39, 0.29) is 11.8 Å². The highest BCUT2D eigenvalue weighted by Gasteiger charge is 2.22. The smallest absolute Gasteiger partial charge is 0.251 e. The highest BCUT2D eigenvalue weighted by molar-refractivity contribution is 5.95. The van der Waals surface area contributed by atoms with E-state index in [0.717, 1.165) is 41.7 Å². The van der Waals surface area contributed by atoms with Gasteiger partial charge in [0.15, 0.2) is 0 Å². The summed E-state index contributed by atoms with van der Waals surface area (Å²) in [6.45, 7) is 2.93. The maximum Gasteiger partial charge on any atom is 0.251 e. The highest BCUT2D eigenvalue weighted by atomic mass is 16.2. The summed E-state index contributed by atoms with van der Waals surface area (Å²) in [6.07, 6.45) is 3.66. The van der Waals surface area contributed by atoms with E-state index in [9.17, 15) is 9.59 Å². The molecule has 0 atom stereocenters. The van der Waals surface area contributed by atoms with Crippen LogP contribution >= 0.6 is 0 Å². The number of aromatic amines is 1. The maximum atomic E-state index is 12.6. The van der Waals surface area contributed by atoms with E-state index >= 15 is 0 Å². The summed E-state index contributed by atoms with van der Waals surface area (Å²) >= 11 is 0. The van der Waals surface area contributed by atoms with Crippen molar-refractivity contribution < 1.29 is 9.59 Å². The number of carbonyl (C=O) groups excluding carboxylic acids is 2. The molecule has 2 amide bonds. The zero-order chi connectivity index (χ0) is 22.1. The molecule has 32 heavy (non-hydrogen) atoms. The van der Waals surface area contributed by atoms with Crippen molar-refractivity contribution >= 4 is 28.4 Å². The van der Waals surface area contributed by atoms with Gasteiger partial charge in [-0.05, 0) is 65.4 Å². The number of hydrogen-bond acceptors (Lipinski definition) is 2. The van der Waals surface area contributed by atoms with E-state index in [1.54, 1.807) is 6.92 Å². The van der Waals surface area contributed by atoms with Crippen molar-refractivity contribution in [2.24, 2.45) is 0 Å². The van der Waals surface area contributed by atoms with Gasteiger partial charge >= 0.3 is 0 Å². The van der Waals surface area contributed by atoms with Crippen LogP contribution in [0, 0.1) is 0 Å². The van der Waals surface area contributed by atoms with Gasteiger partial charge in [0.05, 0.1) is 0 Å². The first-order chi connectivity index (χ1) is 15.6. The number of H-pyrrole nitrogens is 1. The van der Waals surface area contributed by atoms with Crippen LogP contribution < -0.4 is 10.2 Å². The minimum Gasteiger partial charge on any atom is -0.361 e. The van der Waals surface area contributed by atoms with Crippen LogP contribution in [0.2, 0.25) is 0 Å². The molecular weight excluding hydrogens is 398 g/mol. The molecule has 4 aromatic rings.